The van der Waals surface area contributed by atoms with Gasteiger partial charge in [-0.05, 0) is 37.1 Å². The van der Waals surface area contributed by atoms with Crippen LogP contribution in [0, 0.1) is 6.92 Å². The molecule has 3 aromatic carbocycles. The lowest BCUT2D eigenvalue weighted by molar-refractivity contribution is -0.137. The lowest BCUT2D eigenvalue weighted by Gasteiger charge is -2.17. The zero-order valence-electron chi connectivity index (χ0n) is 19.6. The molecule has 0 spiro atoms. The first kappa shape index (κ1) is 23.1. The van der Waals surface area contributed by atoms with Crippen LogP contribution < -0.4 is 14.8 Å². The number of anilines is 1. The number of nitrogens with zero attached hydrogens (tertiary/aromatic N) is 1. The number of para-hydroxylation sites is 1. The number of carbonyl (C=O) groups is 2. The Morgan fingerprint density at radius 2 is 1.68 bits per heavy atom. The first-order valence-electron chi connectivity index (χ1n) is 11.3. The molecule has 4 rings (SSSR count). The van der Waals surface area contributed by atoms with Gasteiger partial charge in [0.15, 0.2) is 0 Å². The molecule has 1 aliphatic heterocycles. The number of amides is 2. The average Bonchev–Trinajstić information content (AvgIpc) is 3.08. The maximum absolute atomic E-state index is 13.6. The summed E-state index contributed by atoms with van der Waals surface area (Å²) in [6.07, 6.45) is 0.894. The molecule has 0 atom stereocenters. The van der Waals surface area contributed by atoms with Gasteiger partial charge in [0.2, 0.25) is 0 Å². The van der Waals surface area contributed by atoms with Crippen molar-refractivity contribution in [2.45, 2.75) is 26.8 Å². The van der Waals surface area contributed by atoms with E-state index in [4.69, 9.17) is 9.47 Å². The van der Waals surface area contributed by atoms with Gasteiger partial charge in [-0.1, -0.05) is 61.0 Å². The maximum Gasteiger partial charge on any atom is 0.278 e. The number of nitrogens with one attached hydrogen (secondary N) is 1. The third kappa shape index (κ3) is 4.81. The summed E-state index contributed by atoms with van der Waals surface area (Å²) >= 11 is 0. The SMILES string of the molecule is CCCOc1cccc(NC2=C(c3ccc(C)cc3)C(=O)N(Cc3ccccc3OC)C2=O)c1. The second-order valence-corrected chi connectivity index (χ2v) is 8.13. The monoisotopic (exact) mass is 456 g/mol. The molecule has 1 heterocycles. The predicted octanol–water partition coefficient (Wildman–Crippen LogP) is 5.18. The molecule has 6 nitrogen and oxygen atoms in total. The maximum atomic E-state index is 13.6. The van der Waals surface area contributed by atoms with Gasteiger partial charge in [-0.2, -0.15) is 0 Å². The number of ether oxygens (including phenoxy) is 2. The van der Waals surface area contributed by atoms with Gasteiger partial charge in [0, 0.05) is 17.3 Å². The molecule has 0 aliphatic carbocycles. The van der Waals surface area contributed by atoms with Crippen LogP contribution in [0.1, 0.15) is 30.0 Å². The van der Waals surface area contributed by atoms with Crippen molar-refractivity contribution >= 4 is 23.1 Å². The summed E-state index contributed by atoms with van der Waals surface area (Å²) < 4.78 is 11.2. The number of carbonyl (C=O) groups excluding carboxylic acids is 2. The molecule has 2 amide bonds. The van der Waals surface area contributed by atoms with Gasteiger partial charge in [-0.3, -0.25) is 14.5 Å². The molecule has 6 heteroatoms. The second kappa shape index (κ2) is 10.3. The van der Waals surface area contributed by atoms with E-state index in [1.165, 1.54) is 4.90 Å². The molecule has 3 aromatic rings. The van der Waals surface area contributed by atoms with E-state index in [0.29, 0.717) is 34.9 Å². The topological polar surface area (TPSA) is 67.9 Å². The highest BCUT2D eigenvalue weighted by Crippen LogP contribution is 2.33. The van der Waals surface area contributed by atoms with Crippen molar-refractivity contribution in [2.24, 2.45) is 0 Å². The molecular formula is C28H28N2O4. The highest BCUT2D eigenvalue weighted by atomic mass is 16.5. The van der Waals surface area contributed by atoms with Gasteiger partial charge in [-0.25, -0.2) is 0 Å². The van der Waals surface area contributed by atoms with Gasteiger partial charge in [0.05, 0.1) is 25.8 Å². The minimum atomic E-state index is -0.383. The summed E-state index contributed by atoms with van der Waals surface area (Å²) in [5, 5.41) is 3.20. The summed E-state index contributed by atoms with van der Waals surface area (Å²) in [5.41, 5.74) is 3.78. The Morgan fingerprint density at radius 3 is 2.41 bits per heavy atom. The van der Waals surface area contributed by atoms with Crippen LogP contribution in [0.2, 0.25) is 0 Å². The van der Waals surface area contributed by atoms with Gasteiger partial charge in [0.1, 0.15) is 17.2 Å². The smallest absolute Gasteiger partial charge is 0.278 e. The minimum absolute atomic E-state index is 0.113. The lowest BCUT2D eigenvalue weighted by atomic mass is 10.0. The van der Waals surface area contributed by atoms with Crippen LogP contribution in [0.3, 0.4) is 0 Å². The van der Waals surface area contributed by atoms with E-state index in [1.807, 2.05) is 86.6 Å². The first-order valence-corrected chi connectivity index (χ1v) is 11.3. The Bertz CT molecular complexity index is 1230. The number of benzene rings is 3. The van der Waals surface area contributed by atoms with Gasteiger partial charge in [0.25, 0.3) is 11.8 Å². The van der Waals surface area contributed by atoms with Crippen LogP contribution in [-0.4, -0.2) is 30.4 Å². The van der Waals surface area contributed by atoms with Crippen LogP contribution in [0.15, 0.2) is 78.5 Å². The van der Waals surface area contributed by atoms with Crippen LogP contribution >= 0.6 is 0 Å². The molecule has 174 valence electrons. The lowest BCUT2D eigenvalue weighted by Crippen LogP contribution is -2.32. The molecule has 1 aliphatic rings. The number of hydrogen-bond donors (Lipinski definition) is 1. The van der Waals surface area contributed by atoms with E-state index < -0.39 is 0 Å². The van der Waals surface area contributed by atoms with Gasteiger partial charge >= 0.3 is 0 Å². The highest BCUT2D eigenvalue weighted by Gasteiger charge is 2.39. The molecule has 0 saturated carbocycles. The van der Waals surface area contributed by atoms with Crippen molar-refractivity contribution < 1.29 is 19.1 Å². The molecular weight excluding hydrogens is 428 g/mol. The Hall–Kier alpha value is -4.06. The average molecular weight is 457 g/mol. The van der Waals surface area contributed by atoms with Crippen molar-refractivity contribution in [3.63, 3.8) is 0 Å². The fourth-order valence-electron chi connectivity index (χ4n) is 3.86. The standard InChI is InChI=1S/C28H28N2O4/c1-4-16-34-23-10-7-9-22(17-23)29-26-25(20-14-12-19(2)13-15-20)27(31)30(28(26)32)18-21-8-5-6-11-24(21)33-3/h5-15,17,29H,4,16,18H2,1-3H3. The van der Waals surface area contributed by atoms with E-state index in [9.17, 15) is 9.59 Å². The summed E-state index contributed by atoms with van der Waals surface area (Å²) in [7, 11) is 1.57. The summed E-state index contributed by atoms with van der Waals surface area (Å²) in [5.74, 6) is 0.598. The molecule has 0 aromatic heterocycles. The second-order valence-electron chi connectivity index (χ2n) is 8.13. The number of hydrogen-bond acceptors (Lipinski definition) is 5. The molecule has 0 saturated heterocycles. The third-order valence-electron chi connectivity index (χ3n) is 5.61. The third-order valence-corrected chi connectivity index (χ3v) is 5.61. The predicted molar refractivity (Wildman–Crippen MR) is 133 cm³/mol. The molecule has 1 N–H and O–H groups in total. The fraction of sp³-hybridized carbons (Fsp3) is 0.214. The summed E-state index contributed by atoms with van der Waals surface area (Å²) in [4.78, 5) is 28.4. The number of aryl methyl sites for hydroxylation is 1. The van der Waals surface area contributed by atoms with Crippen molar-refractivity contribution in [1.29, 1.82) is 0 Å². The van der Waals surface area contributed by atoms with Crippen molar-refractivity contribution in [3.05, 3.63) is 95.2 Å². The fourth-order valence-corrected chi connectivity index (χ4v) is 3.86. The Morgan fingerprint density at radius 1 is 0.912 bits per heavy atom. The Balaban J connectivity index is 1.71. The number of imide groups is 1. The Kier molecular flexibility index (Phi) is 6.97. The zero-order chi connectivity index (χ0) is 24.1. The van der Waals surface area contributed by atoms with Crippen molar-refractivity contribution in [3.8, 4) is 11.5 Å². The largest absolute Gasteiger partial charge is 0.496 e. The Labute approximate surface area is 199 Å². The van der Waals surface area contributed by atoms with E-state index in [1.54, 1.807) is 7.11 Å². The van der Waals surface area contributed by atoms with Gasteiger partial charge < -0.3 is 14.8 Å². The molecule has 34 heavy (non-hydrogen) atoms. The molecule has 0 fully saturated rings. The van der Waals surface area contributed by atoms with Gasteiger partial charge in [-0.15, -0.1) is 0 Å². The van der Waals surface area contributed by atoms with Crippen LogP contribution in [-0.2, 0) is 16.1 Å². The van der Waals surface area contributed by atoms with Crippen molar-refractivity contribution in [2.75, 3.05) is 19.0 Å². The highest BCUT2D eigenvalue weighted by molar-refractivity contribution is 6.36. The molecule has 0 bridgehead atoms. The van der Waals surface area contributed by atoms with E-state index in [-0.39, 0.29) is 24.1 Å². The quantitative estimate of drug-likeness (QED) is 0.449. The summed E-state index contributed by atoms with van der Waals surface area (Å²) in [6.45, 7) is 4.74. The number of methoxy groups -OCH3 is 1. The van der Waals surface area contributed by atoms with Crippen LogP contribution in [0.4, 0.5) is 5.69 Å². The minimum Gasteiger partial charge on any atom is -0.496 e. The van der Waals surface area contributed by atoms with Crippen LogP contribution in [0.25, 0.3) is 5.57 Å². The van der Waals surface area contributed by atoms with E-state index in [0.717, 1.165) is 17.5 Å². The molecule has 0 radical (unpaired) electrons. The summed E-state index contributed by atoms with van der Waals surface area (Å²) in [6, 6.07) is 22.4. The van der Waals surface area contributed by atoms with Crippen LogP contribution in [0.5, 0.6) is 11.5 Å². The normalized spacial score (nSPS) is 13.4. The zero-order valence-corrected chi connectivity index (χ0v) is 19.6. The first-order chi connectivity index (χ1) is 16.5. The molecule has 0 unspecified atom stereocenters. The van der Waals surface area contributed by atoms with E-state index in [2.05, 4.69) is 5.32 Å². The number of rotatable bonds is 9. The van der Waals surface area contributed by atoms with E-state index >= 15 is 0 Å². The van der Waals surface area contributed by atoms with Crippen molar-refractivity contribution in [1.82, 2.24) is 4.90 Å².